The monoisotopic (exact) mass is 593 g/mol. The van der Waals surface area contributed by atoms with Gasteiger partial charge in [0.2, 0.25) is 0 Å². The minimum Gasteiger partial charge on any atom is -0.457 e. The highest BCUT2D eigenvalue weighted by atomic mass is 16.6. The maximum absolute atomic E-state index is 12.7. The third-order valence-corrected chi connectivity index (χ3v) is 8.37. The number of epoxide rings is 1. The number of aliphatic hydroxyl groups excluding tert-OH is 2. The number of nitrogens with one attached hydrogen (secondary N) is 1. The van der Waals surface area contributed by atoms with Crippen molar-refractivity contribution >= 4 is 12.1 Å². The SMILES string of the molecule is CCCCNC(=O)O[C@H]1/C=C/[C@H](C)[C@@H](/C(C)=C/C=C/[C@@H](C)C[C@H]2O[C@@H]2[C@H](C)[C@@H](O)CC)OC(=O)C[C@H](O)CC[C@@]1(C)O. The lowest BCUT2D eigenvalue weighted by atomic mass is 9.88. The molecule has 1 amide bonds. The molecule has 0 spiro atoms. The van der Waals surface area contributed by atoms with E-state index >= 15 is 0 Å². The molecule has 240 valence electrons. The first-order chi connectivity index (χ1) is 19.8. The van der Waals surface area contributed by atoms with Gasteiger partial charge in [-0.1, -0.05) is 65.3 Å². The number of hydrogen-bond donors (Lipinski definition) is 4. The summed E-state index contributed by atoms with van der Waals surface area (Å²) in [5, 5.41) is 34.5. The van der Waals surface area contributed by atoms with Crippen LogP contribution >= 0.6 is 0 Å². The topological polar surface area (TPSA) is 138 Å². The molecule has 0 saturated carbocycles. The van der Waals surface area contributed by atoms with Gasteiger partial charge in [-0.15, -0.1) is 0 Å². The van der Waals surface area contributed by atoms with Crippen LogP contribution in [0, 0.1) is 17.8 Å². The molecular weight excluding hydrogens is 538 g/mol. The summed E-state index contributed by atoms with van der Waals surface area (Å²) in [6.45, 7) is 14.0. The van der Waals surface area contributed by atoms with Gasteiger partial charge in [-0.25, -0.2) is 4.79 Å². The minimum absolute atomic E-state index is 0.0997. The zero-order chi connectivity index (χ0) is 31.4. The number of carbonyl (C=O) groups is 2. The first kappa shape index (κ1) is 36.0. The fourth-order valence-corrected chi connectivity index (χ4v) is 5.31. The number of cyclic esters (lactones) is 1. The van der Waals surface area contributed by atoms with Gasteiger partial charge >= 0.3 is 12.1 Å². The third-order valence-electron chi connectivity index (χ3n) is 8.37. The van der Waals surface area contributed by atoms with Gasteiger partial charge in [0.15, 0.2) is 6.10 Å². The van der Waals surface area contributed by atoms with Crippen molar-refractivity contribution in [2.75, 3.05) is 6.54 Å². The number of amides is 1. The molecule has 0 aromatic carbocycles. The molecule has 2 aliphatic rings. The predicted molar refractivity (Wildman–Crippen MR) is 163 cm³/mol. The van der Waals surface area contributed by atoms with E-state index in [1.807, 2.05) is 46.8 Å². The summed E-state index contributed by atoms with van der Waals surface area (Å²) in [6, 6.07) is 0. The third kappa shape index (κ3) is 11.8. The molecule has 2 rings (SSSR count). The van der Waals surface area contributed by atoms with Crippen molar-refractivity contribution in [2.24, 2.45) is 17.8 Å². The van der Waals surface area contributed by atoms with Crippen molar-refractivity contribution in [1.82, 2.24) is 5.32 Å². The van der Waals surface area contributed by atoms with Gasteiger partial charge < -0.3 is 34.8 Å². The highest BCUT2D eigenvalue weighted by molar-refractivity contribution is 5.70. The molecule has 4 N–H and O–H groups in total. The van der Waals surface area contributed by atoms with E-state index in [-0.39, 0.29) is 55.3 Å². The lowest BCUT2D eigenvalue weighted by molar-refractivity contribution is -0.151. The standard InChI is InChI=1S/C33H55NO8/c1-8-10-18-34-32(38)41-28-15-14-23(5)30(42-29(37)20-25(35)16-17-33(28,7)39)22(4)13-11-12-21(3)19-27-31(40-27)24(6)26(36)9-2/h11-15,21,23-28,30-31,35-36,39H,8-10,16-20H2,1-7H3,(H,34,38)/b12-11+,15-14+,22-13+/t21-,23+,24-,25-,26+,27-,28+,30-,31-,33-/m1/s1. The predicted octanol–water partition coefficient (Wildman–Crippen LogP) is 4.98. The molecule has 0 aromatic rings. The molecule has 0 unspecified atom stereocenters. The van der Waals surface area contributed by atoms with Crippen LogP contribution < -0.4 is 5.32 Å². The Kier molecular flexibility index (Phi) is 14.7. The Bertz CT molecular complexity index is 944. The fraction of sp³-hybridized carbons (Fsp3) is 0.758. The molecule has 10 atom stereocenters. The second-order valence-electron chi connectivity index (χ2n) is 12.5. The van der Waals surface area contributed by atoms with Crippen molar-refractivity contribution in [1.29, 1.82) is 0 Å². The van der Waals surface area contributed by atoms with Crippen LogP contribution in [0.1, 0.15) is 93.4 Å². The zero-order valence-corrected chi connectivity index (χ0v) is 26.6. The number of esters is 1. The van der Waals surface area contributed by atoms with Gasteiger partial charge in [-0.3, -0.25) is 4.79 Å². The van der Waals surface area contributed by atoms with Crippen molar-refractivity contribution in [2.45, 2.75) is 136 Å². The van der Waals surface area contributed by atoms with Gasteiger partial charge in [0.05, 0.1) is 30.8 Å². The van der Waals surface area contributed by atoms with E-state index in [1.54, 1.807) is 19.1 Å². The second-order valence-corrected chi connectivity index (χ2v) is 12.5. The summed E-state index contributed by atoms with van der Waals surface area (Å²) < 4.78 is 17.2. The number of allylic oxidation sites excluding steroid dienone is 3. The summed E-state index contributed by atoms with van der Waals surface area (Å²) in [5.41, 5.74) is -0.629. The van der Waals surface area contributed by atoms with Crippen LogP contribution in [0.15, 0.2) is 36.0 Å². The van der Waals surface area contributed by atoms with Gasteiger partial charge in [0.1, 0.15) is 11.7 Å². The Labute approximate surface area is 252 Å². The van der Waals surface area contributed by atoms with E-state index < -0.39 is 36.0 Å². The molecule has 0 radical (unpaired) electrons. The molecule has 2 heterocycles. The molecule has 1 fully saturated rings. The van der Waals surface area contributed by atoms with Crippen molar-refractivity contribution in [3.05, 3.63) is 36.0 Å². The maximum atomic E-state index is 12.7. The average molecular weight is 594 g/mol. The van der Waals surface area contributed by atoms with Crippen LogP contribution in [0.3, 0.4) is 0 Å². The second kappa shape index (κ2) is 17.2. The number of alkyl carbamates (subject to hydrolysis) is 1. The van der Waals surface area contributed by atoms with Crippen molar-refractivity contribution in [3.8, 4) is 0 Å². The molecule has 1 saturated heterocycles. The first-order valence-electron chi connectivity index (χ1n) is 15.7. The van der Waals surface area contributed by atoms with Gasteiger partial charge in [-0.05, 0) is 63.5 Å². The average Bonchev–Trinajstić information content (AvgIpc) is 3.69. The number of rotatable bonds is 12. The summed E-state index contributed by atoms with van der Waals surface area (Å²) in [7, 11) is 0. The first-order valence-corrected chi connectivity index (χ1v) is 15.7. The Hall–Kier alpha value is -2.20. The Morgan fingerprint density at radius 3 is 2.67 bits per heavy atom. The van der Waals surface area contributed by atoms with Crippen molar-refractivity contribution in [3.63, 3.8) is 0 Å². The van der Waals surface area contributed by atoms with Crippen LogP contribution in [0.2, 0.25) is 0 Å². The van der Waals surface area contributed by atoms with Crippen LogP contribution in [-0.4, -0.2) is 76.2 Å². The van der Waals surface area contributed by atoms with E-state index in [9.17, 15) is 24.9 Å². The molecule has 9 nitrogen and oxygen atoms in total. The molecule has 9 heteroatoms. The lowest BCUT2D eigenvalue weighted by Crippen LogP contribution is -2.44. The largest absolute Gasteiger partial charge is 0.457 e. The van der Waals surface area contributed by atoms with Crippen LogP contribution in [0.5, 0.6) is 0 Å². The highest BCUT2D eigenvalue weighted by Gasteiger charge is 2.45. The van der Waals surface area contributed by atoms with Gasteiger partial charge in [-0.2, -0.15) is 0 Å². The van der Waals surface area contributed by atoms with E-state index in [2.05, 4.69) is 18.3 Å². The molecule has 2 aliphatic heterocycles. The minimum atomic E-state index is -1.45. The molecule has 0 bridgehead atoms. The Balaban J connectivity index is 2.14. The summed E-state index contributed by atoms with van der Waals surface area (Å²) in [6.07, 6.45) is 9.52. The van der Waals surface area contributed by atoms with Gasteiger partial charge in [0, 0.05) is 18.4 Å². The fourth-order valence-electron chi connectivity index (χ4n) is 5.31. The molecule has 0 aromatic heterocycles. The quantitative estimate of drug-likeness (QED) is 0.0817. The van der Waals surface area contributed by atoms with Crippen molar-refractivity contribution < 1.29 is 39.1 Å². The van der Waals surface area contributed by atoms with Gasteiger partial charge in [0.25, 0.3) is 0 Å². The Morgan fingerprint density at radius 1 is 1.29 bits per heavy atom. The number of ether oxygens (including phenoxy) is 3. The Morgan fingerprint density at radius 2 is 2.00 bits per heavy atom. The summed E-state index contributed by atoms with van der Waals surface area (Å²) in [5.74, 6) is -0.442. The highest BCUT2D eigenvalue weighted by Crippen LogP contribution is 2.36. The van der Waals surface area contributed by atoms with Crippen LogP contribution in [0.25, 0.3) is 0 Å². The van der Waals surface area contributed by atoms with E-state index in [0.717, 1.165) is 24.8 Å². The van der Waals surface area contributed by atoms with E-state index in [1.165, 1.54) is 0 Å². The molecular formula is C33H55NO8. The smallest absolute Gasteiger partial charge is 0.407 e. The number of aliphatic hydroxyl groups is 3. The number of hydrogen-bond acceptors (Lipinski definition) is 8. The van der Waals surface area contributed by atoms with E-state index in [4.69, 9.17) is 14.2 Å². The van der Waals surface area contributed by atoms with E-state index in [0.29, 0.717) is 13.0 Å². The molecule has 42 heavy (non-hydrogen) atoms. The summed E-state index contributed by atoms with van der Waals surface area (Å²) >= 11 is 0. The molecule has 0 aliphatic carbocycles. The van der Waals surface area contributed by atoms with Crippen LogP contribution in [-0.2, 0) is 19.0 Å². The lowest BCUT2D eigenvalue weighted by Gasteiger charge is -2.32. The zero-order valence-electron chi connectivity index (χ0n) is 26.6. The number of carbonyl (C=O) groups excluding carboxylic acids is 2. The maximum Gasteiger partial charge on any atom is 0.407 e. The summed E-state index contributed by atoms with van der Waals surface area (Å²) in [4.78, 5) is 25.1. The number of unbranched alkanes of at least 4 members (excludes halogenated alkanes) is 1. The van der Waals surface area contributed by atoms with Crippen LogP contribution in [0.4, 0.5) is 4.79 Å². The normalized spacial score (nSPS) is 34.0.